The molecular weight excluding hydrogens is 352 g/mol. The van der Waals surface area contributed by atoms with E-state index in [0.29, 0.717) is 5.69 Å². The van der Waals surface area contributed by atoms with E-state index in [1.165, 1.54) is 26.2 Å². The van der Waals surface area contributed by atoms with E-state index in [1.54, 1.807) is 12.1 Å². The summed E-state index contributed by atoms with van der Waals surface area (Å²) in [5.41, 5.74) is 1.30. The number of ether oxygens (including phenoxy) is 2. The van der Waals surface area contributed by atoms with Crippen molar-refractivity contribution in [1.82, 2.24) is 0 Å². The Morgan fingerprint density at radius 3 is 2.41 bits per heavy atom. The Hall–Kier alpha value is -3.42. The molecule has 0 spiro atoms. The van der Waals surface area contributed by atoms with Crippen LogP contribution >= 0.6 is 0 Å². The van der Waals surface area contributed by atoms with Gasteiger partial charge in [-0.3, -0.25) is 14.9 Å². The summed E-state index contributed by atoms with van der Waals surface area (Å²) in [5.74, 6) is -1.29. The predicted octanol–water partition coefficient (Wildman–Crippen LogP) is 3.35. The average Bonchev–Trinajstić information content (AvgIpc) is 2.67. The van der Waals surface area contributed by atoms with Gasteiger partial charge in [-0.05, 0) is 37.1 Å². The molecule has 1 amide bonds. The number of methoxy groups -OCH3 is 1. The van der Waals surface area contributed by atoms with Gasteiger partial charge in [0.05, 0.1) is 12.0 Å². The largest absolute Gasteiger partial charge is 0.496 e. The van der Waals surface area contributed by atoms with Crippen molar-refractivity contribution in [1.29, 1.82) is 0 Å². The Balaban J connectivity index is 2.08. The number of nitrogens with zero attached hydrogens (tertiary/aromatic N) is 1. The summed E-state index contributed by atoms with van der Waals surface area (Å²) in [7, 11) is 1.33. The third-order valence-electron chi connectivity index (χ3n) is 3.90. The normalized spacial score (nSPS) is 11.4. The van der Waals surface area contributed by atoms with E-state index in [0.717, 1.165) is 18.1 Å². The van der Waals surface area contributed by atoms with Gasteiger partial charge in [0.15, 0.2) is 6.10 Å². The minimum Gasteiger partial charge on any atom is -0.496 e. The highest BCUT2D eigenvalue weighted by molar-refractivity contribution is 5.98. The first-order chi connectivity index (χ1) is 12.8. The standard InChI is InChI=1S/C19H20N2O6/c1-4-13-5-7-14(8-6-13)20-18(22)12(2)27-19(23)16-11-15(21(24)25)9-10-17(16)26-3/h5-12H,4H2,1-3H3,(H,20,22). The maximum Gasteiger partial charge on any atom is 0.342 e. The van der Waals surface area contributed by atoms with Crippen molar-refractivity contribution in [2.45, 2.75) is 26.4 Å². The van der Waals surface area contributed by atoms with E-state index in [-0.39, 0.29) is 17.0 Å². The number of nitrogens with one attached hydrogen (secondary N) is 1. The second kappa shape index (κ2) is 8.79. The number of rotatable bonds is 7. The molecule has 2 aromatic carbocycles. The highest BCUT2D eigenvalue weighted by atomic mass is 16.6. The Bertz CT molecular complexity index is 848. The van der Waals surface area contributed by atoms with Crippen LogP contribution in [0.15, 0.2) is 42.5 Å². The molecule has 0 radical (unpaired) electrons. The van der Waals surface area contributed by atoms with Crippen molar-refractivity contribution in [2.24, 2.45) is 0 Å². The third kappa shape index (κ3) is 5.04. The van der Waals surface area contributed by atoms with E-state index in [1.807, 2.05) is 19.1 Å². The van der Waals surface area contributed by atoms with E-state index in [9.17, 15) is 19.7 Å². The third-order valence-corrected chi connectivity index (χ3v) is 3.90. The summed E-state index contributed by atoms with van der Waals surface area (Å²) < 4.78 is 10.2. The van der Waals surface area contributed by atoms with Crippen LogP contribution in [0.4, 0.5) is 11.4 Å². The summed E-state index contributed by atoms with van der Waals surface area (Å²) in [6.45, 7) is 3.44. The molecule has 2 aromatic rings. The number of non-ortho nitro benzene ring substituents is 1. The van der Waals surface area contributed by atoms with Gasteiger partial charge in [-0.1, -0.05) is 19.1 Å². The van der Waals surface area contributed by atoms with Gasteiger partial charge in [0.2, 0.25) is 0 Å². The zero-order chi connectivity index (χ0) is 20.0. The van der Waals surface area contributed by atoms with Gasteiger partial charge in [0.1, 0.15) is 11.3 Å². The second-order valence-electron chi connectivity index (χ2n) is 5.73. The molecule has 8 nitrogen and oxygen atoms in total. The maximum atomic E-state index is 12.3. The lowest BCUT2D eigenvalue weighted by Crippen LogP contribution is -2.30. The molecule has 8 heteroatoms. The van der Waals surface area contributed by atoms with Crippen LogP contribution < -0.4 is 10.1 Å². The molecule has 2 rings (SSSR count). The van der Waals surface area contributed by atoms with Gasteiger partial charge < -0.3 is 14.8 Å². The monoisotopic (exact) mass is 372 g/mol. The first-order valence-corrected chi connectivity index (χ1v) is 8.29. The highest BCUT2D eigenvalue weighted by Crippen LogP contribution is 2.25. The molecule has 0 bridgehead atoms. The molecule has 0 aliphatic rings. The van der Waals surface area contributed by atoms with Crippen LogP contribution in [0.1, 0.15) is 29.8 Å². The zero-order valence-corrected chi connectivity index (χ0v) is 15.2. The molecule has 1 atom stereocenters. The Labute approximate surface area is 156 Å². The molecule has 0 aliphatic heterocycles. The molecule has 1 unspecified atom stereocenters. The second-order valence-corrected chi connectivity index (χ2v) is 5.73. The van der Waals surface area contributed by atoms with Crippen LogP contribution in [-0.2, 0) is 16.0 Å². The van der Waals surface area contributed by atoms with Crippen LogP contribution in [0.5, 0.6) is 5.75 Å². The molecule has 1 N–H and O–H groups in total. The van der Waals surface area contributed by atoms with Crippen LogP contribution in [0.2, 0.25) is 0 Å². The number of aryl methyl sites for hydroxylation is 1. The van der Waals surface area contributed by atoms with Crippen molar-refractivity contribution in [2.75, 3.05) is 12.4 Å². The topological polar surface area (TPSA) is 108 Å². The molecule has 0 aromatic heterocycles. The van der Waals surface area contributed by atoms with Gasteiger partial charge >= 0.3 is 5.97 Å². The first kappa shape index (κ1) is 19.9. The summed E-state index contributed by atoms with van der Waals surface area (Å²) in [6.07, 6.45) is -0.222. The van der Waals surface area contributed by atoms with Crippen LogP contribution in [0.25, 0.3) is 0 Å². The van der Waals surface area contributed by atoms with Crippen LogP contribution in [0.3, 0.4) is 0 Å². The molecular formula is C19H20N2O6. The van der Waals surface area contributed by atoms with Crippen molar-refractivity contribution in [3.05, 3.63) is 63.7 Å². The lowest BCUT2D eigenvalue weighted by Gasteiger charge is -2.15. The Morgan fingerprint density at radius 1 is 1.19 bits per heavy atom. The number of carbonyl (C=O) groups excluding carboxylic acids is 2. The fraction of sp³-hybridized carbons (Fsp3) is 0.263. The number of hydrogen-bond donors (Lipinski definition) is 1. The minimum absolute atomic E-state index is 0.119. The Kier molecular flexibility index (Phi) is 6.48. The van der Waals surface area contributed by atoms with Gasteiger partial charge in [-0.2, -0.15) is 0 Å². The number of benzene rings is 2. The van der Waals surface area contributed by atoms with Gasteiger partial charge in [-0.25, -0.2) is 4.79 Å². The van der Waals surface area contributed by atoms with Crippen molar-refractivity contribution < 1.29 is 24.0 Å². The number of hydrogen-bond acceptors (Lipinski definition) is 6. The molecule has 0 saturated heterocycles. The first-order valence-electron chi connectivity index (χ1n) is 8.29. The summed E-state index contributed by atoms with van der Waals surface area (Å²) in [5, 5.41) is 13.6. The molecule has 27 heavy (non-hydrogen) atoms. The predicted molar refractivity (Wildman–Crippen MR) is 99.0 cm³/mol. The number of carbonyl (C=O) groups is 2. The summed E-state index contributed by atoms with van der Waals surface area (Å²) in [4.78, 5) is 34.9. The van der Waals surface area contributed by atoms with E-state index in [4.69, 9.17) is 9.47 Å². The van der Waals surface area contributed by atoms with Crippen molar-refractivity contribution in [3.8, 4) is 5.75 Å². The fourth-order valence-corrected chi connectivity index (χ4v) is 2.31. The summed E-state index contributed by atoms with van der Waals surface area (Å²) in [6, 6.07) is 10.9. The molecule has 142 valence electrons. The van der Waals surface area contributed by atoms with Gasteiger partial charge in [-0.15, -0.1) is 0 Å². The lowest BCUT2D eigenvalue weighted by molar-refractivity contribution is -0.384. The van der Waals surface area contributed by atoms with Gasteiger partial charge in [0, 0.05) is 17.8 Å². The fourth-order valence-electron chi connectivity index (χ4n) is 2.31. The molecule has 0 saturated carbocycles. The van der Waals surface area contributed by atoms with E-state index >= 15 is 0 Å². The highest BCUT2D eigenvalue weighted by Gasteiger charge is 2.23. The van der Waals surface area contributed by atoms with E-state index in [2.05, 4.69) is 5.32 Å². The lowest BCUT2D eigenvalue weighted by atomic mass is 10.1. The number of nitro groups is 1. The molecule has 0 heterocycles. The SMILES string of the molecule is CCc1ccc(NC(=O)C(C)OC(=O)c2cc([N+](=O)[O-])ccc2OC)cc1. The van der Waals surface area contributed by atoms with Crippen LogP contribution in [0, 0.1) is 10.1 Å². The van der Waals surface area contributed by atoms with E-state index < -0.39 is 22.9 Å². The number of anilines is 1. The number of amides is 1. The van der Waals surface area contributed by atoms with Crippen LogP contribution in [-0.4, -0.2) is 30.0 Å². The molecule has 0 fully saturated rings. The minimum atomic E-state index is -1.10. The van der Waals surface area contributed by atoms with Crippen molar-refractivity contribution in [3.63, 3.8) is 0 Å². The Morgan fingerprint density at radius 2 is 1.85 bits per heavy atom. The maximum absolute atomic E-state index is 12.3. The van der Waals surface area contributed by atoms with Gasteiger partial charge in [0.25, 0.3) is 11.6 Å². The number of esters is 1. The summed E-state index contributed by atoms with van der Waals surface area (Å²) >= 11 is 0. The average molecular weight is 372 g/mol. The smallest absolute Gasteiger partial charge is 0.342 e. The number of nitro benzene ring substituents is 1. The molecule has 0 aliphatic carbocycles. The van der Waals surface area contributed by atoms with Crippen molar-refractivity contribution >= 4 is 23.3 Å². The quantitative estimate of drug-likeness (QED) is 0.454. The zero-order valence-electron chi connectivity index (χ0n) is 15.2.